The van der Waals surface area contributed by atoms with E-state index in [-0.39, 0.29) is 0 Å². The average Bonchev–Trinajstić information content (AvgIpc) is 1.52. The summed E-state index contributed by atoms with van der Waals surface area (Å²) < 4.78 is 108. The second kappa shape index (κ2) is 28.7. The average molecular weight is 1580 g/mol. The van der Waals surface area contributed by atoms with Crippen molar-refractivity contribution in [1.29, 1.82) is 0 Å². The van der Waals surface area contributed by atoms with Crippen LogP contribution in [-0.4, -0.2) is 19.9 Å². The molecule has 0 N–H and O–H groups in total. The van der Waals surface area contributed by atoms with Crippen LogP contribution >= 0.6 is 0 Å². The van der Waals surface area contributed by atoms with Crippen molar-refractivity contribution in [3.63, 3.8) is 0 Å². The number of nitrogens with zero attached hydrogens (tertiary/aromatic N) is 8. The van der Waals surface area contributed by atoms with Gasteiger partial charge in [0.2, 0.25) is 62.2 Å². The zero-order chi connectivity index (χ0) is 90.0. The zero-order valence-corrected chi connectivity index (χ0v) is 68.3. The Hall–Kier alpha value is -14.9. The summed E-state index contributed by atoms with van der Waals surface area (Å²) in [5.74, 6) is 0. The maximum atomic E-state index is 8.25. The molecule has 0 fully saturated rings. The molecule has 12 aromatic heterocycles. The minimum atomic E-state index is -2.26. The summed E-state index contributed by atoms with van der Waals surface area (Å²) in [6, 6.07) is 93.5. The van der Waals surface area contributed by atoms with E-state index in [9.17, 15) is 0 Å². The van der Waals surface area contributed by atoms with E-state index in [4.69, 9.17) is 49.9 Å². The topological polar surface area (TPSA) is 120 Å². The molecule has 0 saturated heterocycles. The third kappa shape index (κ3) is 12.2. The SMILES string of the molecule is Cc1ccc2c(oc3nc4ccccc4cc32)c1-c1ccc2ccccc2[n+]1C.[2H]C([2H])([2H])c1cc2c(oc3nc4ccccc4cc32)c(-c2cc(C)c3ccccc3[n+]2C)c1C.[2H]C([2H])([2H])c1cc2c(oc3nc4ccccc4cc32)c(-c2cc3ccccc3c[n+]2C)c1C.[2H]C([2H])([2H])c1cc2c(oc3nc4ccccc4cc32)c(-c2ccc3c(C)cccc3[n+]2C)c1C. The Morgan fingerprint density at radius 3 is 1.11 bits per heavy atom. The first-order valence-corrected chi connectivity index (χ1v) is 40.5. The molecular weight excluding hydrogens is 1490 g/mol. The molecule has 0 radical (unpaired) electrons. The van der Waals surface area contributed by atoms with Gasteiger partial charge in [0.1, 0.15) is 28.2 Å². The van der Waals surface area contributed by atoms with Crippen LogP contribution in [0.4, 0.5) is 0 Å². The summed E-state index contributed by atoms with van der Waals surface area (Å²) in [6.45, 7) is 5.15. The molecule has 121 heavy (non-hydrogen) atoms. The van der Waals surface area contributed by atoms with E-state index in [0.717, 1.165) is 175 Å². The third-order valence-corrected chi connectivity index (χ3v) is 24.6. The van der Waals surface area contributed by atoms with Crippen LogP contribution in [0.2, 0.25) is 0 Å². The van der Waals surface area contributed by atoms with Crippen molar-refractivity contribution in [2.24, 2.45) is 28.2 Å². The molecule has 0 saturated carbocycles. The number of hydrogen-bond donors (Lipinski definition) is 0. The Bertz CT molecular complexity index is 8910. The summed E-state index contributed by atoms with van der Waals surface area (Å²) in [4.78, 5) is 19.0. The first-order chi connectivity index (χ1) is 62.5. The van der Waals surface area contributed by atoms with E-state index in [1.165, 1.54) is 22.0 Å². The van der Waals surface area contributed by atoms with E-state index in [1.54, 1.807) is 18.2 Å². The second-order valence-electron chi connectivity index (χ2n) is 31.9. The van der Waals surface area contributed by atoms with Gasteiger partial charge in [-0.1, -0.05) is 140 Å². The number of hydrogen-bond acceptors (Lipinski definition) is 8. The van der Waals surface area contributed by atoms with Gasteiger partial charge in [-0.3, -0.25) is 0 Å². The molecule has 24 rings (SSSR count). The fourth-order valence-corrected chi connectivity index (χ4v) is 18.1. The molecule has 0 amide bonds. The lowest BCUT2D eigenvalue weighted by molar-refractivity contribution is -0.659. The highest BCUT2D eigenvalue weighted by Crippen LogP contribution is 2.45. The molecule has 0 unspecified atom stereocenters. The molecule has 0 aliphatic carbocycles. The van der Waals surface area contributed by atoms with Gasteiger partial charge in [-0.15, -0.1) is 0 Å². The van der Waals surface area contributed by atoms with Crippen LogP contribution in [0.1, 0.15) is 62.4 Å². The number of pyridine rings is 8. The lowest BCUT2D eigenvalue weighted by Gasteiger charge is -2.11. The van der Waals surface area contributed by atoms with E-state index in [0.29, 0.717) is 73.0 Å². The van der Waals surface area contributed by atoms with E-state index in [1.807, 2.05) is 186 Å². The first kappa shape index (κ1) is 64.2. The van der Waals surface area contributed by atoms with Crippen molar-refractivity contribution >= 4 is 175 Å². The summed E-state index contributed by atoms with van der Waals surface area (Å²) in [5.41, 5.74) is 25.8. The van der Waals surface area contributed by atoms with Crippen LogP contribution in [0.5, 0.6) is 0 Å². The molecule has 12 nitrogen and oxygen atoms in total. The van der Waals surface area contributed by atoms with Gasteiger partial charge in [0.05, 0.1) is 44.3 Å². The number of para-hydroxylation sites is 6. The Kier molecular flexibility index (Phi) is 15.3. The number of aryl methyl sites for hydroxylation is 10. The van der Waals surface area contributed by atoms with Crippen LogP contribution < -0.4 is 18.3 Å². The van der Waals surface area contributed by atoms with Crippen LogP contribution in [0, 0.1) is 62.1 Å². The quantitative estimate of drug-likeness (QED) is 0.160. The molecule has 0 spiro atoms. The maximum Gasteiger partial charge on any atom is 0.227 e. The molecule has 582 valence electrons. The van der Waals surface area contributed by atoms with Crippen molar-refractivity contribution in [2.75, 3.05) is 0 Å². The molecule has 12 heterocycles. The van der Waals surface area contributed by atoms with Gasteiger partial charge in [-0.05, 0) is 215 Å². The van der Waals surface area contributed by atoms with Gasteiger partial charge in [0.15, 0.2) is 28.5 Å². The van der Waals surface area contributed by atoms with Crippen molar-refractivity contribution < 1.29 is 48.3 Å². The summed E-state index contributed by atoms with van der Waals surface area (Å²) >= 11 is 0. The minimum absolute atomic E-state index is 0.328. The number of fused-ring (bicyclic) bond motifs is 20. The summed E-state index contributed by atoms with van der Waals surface area (Å²) in [7, 11) is 8.12. The number of benzene rings is 12. The zero-order valence-electron chi connectivity index (χ0n) is 77.3. The van der Waals surface area contributed by atoms with Crippen molar-refractivity contribution in [3.8, 4) is 45.0 Å². The summed E-state index contributed by atoms with van der Waals surface area (Å²) in [6.07, 6.45) is 2.06. The molecular formula is C109H86N8O4+4. The van der Waals surface area contributed by atoms with Crippen LogP contribution in [-0.2, 0) is 28.2 Å². The van der Waals surface area contributed by atoms with Gasteiger partial charge >= 0.3 is 0 Å². The fraction of sp³-hybridized carbons (Fsp3) is 0.119. The monoisotopic (exact) mass is 1580 g/mol. The normalized spacial score (nSPS) is 13.3. The molecule has 12 aromatic carbocycles. The van der Waals surface area contributed by atoms with E-state index >= 15 is 0 Å². The van der Waals surface area contributed by atoms with Crippen LogP contribution in [0.15, 0.2) is 303 Å². The van der Waals surface area contributed by atoms with Gasteiger partial charge in [0.25, 0.3) is 0 Å². The Balaban J connectivity index is 0.000000105. The van der Waals surface area contributed by atoms with E-state index < -0.39 is 20.6 Å². The smallest absolute Gasteiger partial charge is 0.227 e. The van der Waals surface area contributed by atoms with Crippen LogP contribution in [0.25, 0.3) is 220 Å². The Morgan fingerprint density at radius 1 is 0.240 bits per heavy atom. The Labute approximate surface area is 710 Å². The third-order valence-electron chi connectivity index (χ3n) is 24.6. The highest BCUT2D eigenvalue weighted by atomic mass is 16.4. The Morgan fingerprint density at radius 2 is 0.603 bits per heavy atom. The van der Waals surface area contributed by atoms with E-state index in [2.05, 4.69) is 169 Å². The molecule has 12 heteroatoms. The van der Waals surface area contributed by atoms with Crippen molar-refractivity contribution in [2.45, 2.75) is 62.1 Å². The lowest BCUT2D eigenvalue weighted by Crippen LogP contribution is -2.32. The molecule has 0 aliphatic rings. The molecule has 0 atom stereocenters. The van der Waals surface area contributed by atoms with Gasteiger partial charge in [-0.25, -0.2) is 24.5 Å². The molecule has 24 aromatic rings. The minimum Gasteiger partial charge on any atom is -0.437 e. The maximum absolute atomic E-state index is 8.25. The number of furan rings is 4. The highest BCUT2D eigenvalue weighted by molar-refractivity contribution is 6.16. The van der Waals surface area contributed by atoms with Crippen molar-refractivity contribution in [3.05, 3.63) is 335 Å². The van der Waals surface area contributed by atoms with Gasteiger partial charge in [0, 0.05) is 141 Å². The largest absolute Gasteiger partial charge is 0.437 e. The second-order valence-corrected chi connectivity index (χ2v) is 31.9. The standard InChI is InChI=1S/2C28H23N2O.C27H21N2O.C26H19N2O/c1-16-13-21-22-15-19-9-5-7-11-23(19)29-28(22)31-27(21)26(18(16)3)25-14-17(2)20-10-6-8-12-24(20)30(25)4;1-16-8-7-11-24-20(16)12-13-25(30(24)4)26-18(3)17(2)14-21-22-15-19-9-5-6-10-23(19)29-28(22)31-27(21)26;1-16-12-21-22-13-19-9-6-7-11-23(19)28-27(22)30-26(21)25(17(16)2)24-14-18-8-4-5-10-20(18)15-29(24)3;1-16-11-13-19-20-15-18-8-3-5-9-21(18)27-26(20)29-25(19)24(16)23-14-12-17-7-4-6-10-22(17)28(23)2/h2*5-15H,1-4H3;4-15H,1-3H3;3-15H,1-2H3/q4*+1/i1D3;2D3;1D3;. The number of rotatable bonds is 4. The predicted molar refractivity (Wildman–Crippen MR) is 495 cm³/mol. The number of aromatic nitrogens is 8. The highest BCUT2D eigenvalue weighted by Gasteiger charge is 2.30. The molecule has 0 bridgehead atoms. The summed E-state index contributed by atoms with van der Waals surface area (Å²) in [5, 5.41) is 16.7. The van der Waals surface area contributed by atoms with Crippen molar-refractivity contribution in [1.82, 2.24) is 19.9 Å². The fourth-order valence-electron chi connectivity index (χ4n) is 18.1. The van der Waals surface area contributed by atoms with Gasteiger partial charge < -0.3 is 17.7 Å². The first-order valence-electron chi connectivity index (χ1n) is 45.0. The van der Waals surface area contributed by atoms with Crippen LogP contribution in [0.3, 0.4) is 0 Å². The molecule has 0 aliphatic heterocycles. The predicted octanol–water partition coefficient (Wildman–Crippen LogP) is 25.9. The van der Waals surface area contributed by atoms with Gasteiger partial charge in [-0.2, -0.15) is 13.7 Å². The lowest BCUT2D eigenvalue weighted by atomic mass is 9.95.